The van der Waals surface area contributed by atoms with Crippen LogP contribution in [0.4, 0.5) is 0 Å². The minimum absolute atomic E-state index is 0.548. The van der Waals surface area contributed by atoms with E-state index in [2.05, 4.69) is 19.7 Å². The van der Waals surface area contributed by atoms with Crippen molar-refractivity contribution in [1.29, 1.82) is 0 Å². The van der Waals surface area contributed by atoms with Crippen LogP contribution in [-0.4, -0.2) is 38.8 Å². The van der Waals surface area contributed by atoms with Crippen molar-refractivity contribution in [2.45, 2.75) is 44.7 Å². The van der Waals surface area contributed by atoms with Crippen molar-refractivity contribution in [3.8, 4) is 0 Å². The molecule has 0 aromatic carbocycles. The number of rotatable bonds is 1. The Kier molecular flexibility index (Phi) is 2.59. The molecule has 1 aromatic heterocycles. The summed E-state index contributed by atoms with van der Waals surface area (Å²) in [6, 6.07) is 1.24. The van der Waals surface area contributed by atoms with Crippen LogP contribution in [0.1, 0.15) is 37.5 Å². The molecule has 2 aliphatic heterocycles. The van der Waals surface area contributed by atoms with Gasteiger partial charge in [-0.25, -0.2) is 0 Å². The number of aromatic nitrogens is 3. The average molecular weight is 238 g/mol. The van der Waals surface area contributed by atoms with Gasteiger partial charge in [-0.2, -0.15) is 5.10 Å². The van der Waals surface area contributed by atoms with E-state index < -0.39 is 0 Å². The number of aromatic amines is 1. The van der Waals surface area contributed by atoms with Gasteiger partial charge < -0.3 is 0 Å². The summed E-state index contributed by atoms with van der Waals surface area (Å²) >= 11 is 5.33. The molecule has 0 saturated carbocycles. The molecule has 0 radical (unpaired) electrons. The second kappa shape index (κ2) is 3.96. The zero-order valence-corrected chi connectivity index (χ0v) is 10.5. The smallest absolute Gasteiger partial charge is 0.195 e. The molecule has 1 aromatic rings. The van der Waals surface area contributed by atoms with Crippen molar-refractivity contribution >= 4 is 12.2 Å². The van der Waals surface area contributed by atoms with Gasteiger partial charge in [0.2, 0.25) is 0 Å². The molecule has 0 bridgehead atoms. The molecule has 3 heterocycles. The molecule has 16 heavy (non-hydrogen) atoms. The fourth-order valence-corrected chi connectivity index (χ4v) is 3.61. The SMILES string of the molecule is Cc1n[nH]c(=S)n1C1CCN2CCCCC12. The second-order valence-corrected chi connectivity index (χ2v) is 5.29. The highest BCUT2D eigenvalue weighted by atomic mass is 32.1. The monoisotopic (exact) mass is 238 g/mol. The Morgan fingerprint density at radius 1 is 1.25 bits per heavy atom. The van der Waals surface area contributed by atoms with Crippen LogP contribution < -0.4 is 0 Å². The van der Waals surface area contributed by atoms with E-state index in [9.17, 15) is 0 Å². The van der Waals surface area contributed by atoms with E-state index in [1.165, 1.54) is 38.8 Å². The van der Waals surface area contributed by atoms with Crippen LogP contribution in [0, 0.1) is 11.7 Å². The molecule has 0 spiro atoms. The van der Waals surface area contributed by atoms with E-state index in [-0.39, 0.29) is 0 Å². The Morgan fingerprint density at radius 2 is 2.12 bits per heavy atom. The van der Waals surface area contributed by atoms with Gasteiger partial charge >= 0.3 is 0 Å². The van der Waals surface area contributed by atoms with Crippen LogP contribution in [-0.2, 0) is 0 Å². The molecule has 2 saturated heterocycles. The molecular weight excluding hydrogens is 220 g/mol. The first-order chi connectivity index (χ1) is 7.77. The number of aryl methyl sites for hydroxylation is 1. The largest absolute Gasteiger partial charge is 0.300 e. The predicted molar refractivity (Wildman–Crippen MR) is 65.0 cm³/mol. The molecule has 5 heteroatoms. The Morgan fingerprint density at radius 3 is 2.88 bits per heavy atom. The number of H-pyrrole nitrogens is 1. The van der Waals surface area contributed by atoms with Crippen molar-refractivity contribution in [2.75, 3.05) is 13.1 Å². The number of fused-ring (bicyclic) bond motifs is 1. The zero-order chi connectivity index (χ0) is 11.1. The van der Waals surface area contributed by atoms with E-state index in [1.807, 2.05) is 6.92 Å². The van der Waals surface area contributed by atoms with Crippen LogP contribution in [0.3, 0.4) is 0 Å². The third-order valence-corrected chi connectivity index (χ3v) is 4.32. The standard InChI is InChI=1S/C11H18N4S/c1-8-12-13-11(16)15(8)10-5-7-14-6-3-2-4-9(10)14/h9-10H,2-7H2,1H3,(H,13,16). The van der Waals surface area contributed by atoms with Gasteiger partial charge in [-0.15, -0.1) is 0 Å². The first-order valence-electron chi connectivity index (χ1n) is 6.15. The van der Waals surface area contributed by atoms with Crippen LogP contribution in [0.25, 0.3) is 0 Å². The topological polar surface area (TPSA) is 36.9 Å². The lowest BCUT2D eigenvalue weighted by Crippen LogP contribution is -2.37. The third kappa shape index (κ3) is 1.53. The number of hydrogen-bond donors (Lipinski definition) is 1. The van der Waals surface area contributed by atoms with Gasteiger partial charge in [0.25, 0.3) is 0 Å². The summed E-state index contributed by atoms with van der Waals surface area (Å²) in [5, 5.41) is 7.13. The summed E-state index contributed by atoms with van der Waals surface area (Å²) in [4.78, 5) is 2.63. The molecule has 1 N–H and O–H groups in total. The summed E-state index contributed by atoms with van der Waals surface area (Å²) in [5.74, 6) is 1.03. The van der Waals surface area contributed by atoms with E-state index in [1.54, 1.807) is 0 Å². The quantitative estimate of drug-likeness (QED) is 0.761. The van der Waals surface area contributed by atoms with Gasteiger partial charge in [0.1, 0.15) is 5.82 Å². The maximum absolute atomic E-state index is 5.33. The highest BCUT2D eigenvalue weighted by Gasteiger charge is 2.37. The van der Waals surface area contributed by atoms with E-state index >= 15 is 0 Å². The predicted octanol–water partition coefficient (Wildman–Crippen LogP) is 2.05. The summed E-state index contributed by atoms with van der Waals surface area (Å²) in [7, 11) is 0. The van der Waals surface area contributed by atoms with Crippen LogP contribution in [0.15, 0.2) is 0 Å². The molecule has 0 aliphatic carbocycles. The minimum atomic E-state index is 0.548. The lowest BCUT2D eigenvalue weighted by atomic mass is 9.99. The molecule has 2 aliphatic rings. The summed E-state index contributed by atoms with van der Waals surface area (Å²) < 4.78 is 3.01. The molecular formula is C11H18N4S. The Labute approximate surface area is 101 Å². The fourth-order valence-electron chi connectivity index (χ4n) is 3.30. The molecule has 4 nitrogen and oxygen atoms in total. The lowest BCUT2D eigenvalue weighted by molar-refractivity contribution is 0.172. The number of nitrogens with zero attached hydrogens (tertiary/aromatic N) is 3. The van der Waals surface area contributed by atoms with Gasteiger partial charge in [0, 0.05) is 12.6 Å². The highest BCUT2D eigenvalue weighted by Crippen LogP contribution is 2.35. The second-order valence-electron chi connectivity index (χ2n) is 4.90. The van der Waals surface area contributed by atoms with Crippen LogP contribution >= 0.6 is 12.2 Å². The van der Waals surface area contributed by atoms with Crippen molar-refractivity contribution < 1.29 is 0 Å². The van der Waals surface area contributed by atoms with E-state index in [4.69, 9.17) is 12.2 Å². The molecule has 3 rings (SSSR count). The number of piperidine rings is 1. The van der Waals surface area contributed by atoms with E-state index in [0.29, 0.717) is 12.1 Å². The average Bonchev–Trinajstić information content (AvgIpc) is 2.83. The zero-order valence-electron chi connectivity index (χ0n) is 9.65. The normalized spacial score (nSPS) is 30.6. The maximum Gasteiger partial charge on any atom is 0.195 e. The van der Waals surface area contributed by atoms with Crippen molar-refractivity contribution in [1.82, 2.24) is 19.7 Å². The van der Waals surface area contributed by atoms with Gasteiger partial charge in [-0.05, 0) is 44.9 Å². The third-order valence-electron chi connectivity index (χ3n) is 4.03. The Balaban J connectivity index is 1.93. The first-order valence-corrected chi connectivity index (χ1v) is 6.56. The number of nitrogens with one attached hydrogen (secondary N) is 1. The molecule has 88 valence electrons. The lowest BCUT2D eigenvalue weighted by Gasteiger charge is -2.32. The molecule has 2 unspecified atom stereocenters. The van der Waals surface area contributed by atoms with Crippen molar-refractivity contribution in [2.24, 2.45) is 0 Å². The Bertz CT molecular complexity index is 435. The van der Waals surface area contributed by atoms with E-state index in [0.717, 1.165) is 10.6 Å². The van der Waals surface area contributed by atoms with Gasteiger partial charge in [0.05, 0.1) is 6.04 Å². The molecule has 0 amide bonds. The maximum atomic E-state index is 5.33. The fraction of sp³-hybridized carbons (Fsp3) is 0.818. The summed E-state index contributed by atoms with van der Waals surface area (Å²) in [6.45, 7) is 4.53. The van der Waals surface area contributed by atoms with Crippen LogP contribution in [0.2, 0.25) is 0 Å². The summed E-state index contributed by atoms with van der Waals surface area (Å²) in [5.41, 5.74) is 0. The number of hydrogen-bond acceptors (Lipinski definition) is 3. The van der Waals surface area contributed by atoms with Gasteiger partial charge in [-0.1, -0.05) is 6.42 Å². The summed E-state index contributed by atoms with van der Waals surface area (Å²) in [6.07, 6.45) is 5.26. The first kappa shape index (κ1) is 10.5. The molecule has 2 atom stereocenters. The molecule has 2 fully saturated rings. The van der Waals surface area contributed by atoms with Gasteiger partial charge in [0.15, 0.2) is 4.77 Å². The highest BCUT2D eigenvalue weighted by molar-refractivity contribution is 7.71. The minimum Gasteiger partial charge on any atom is -0.300 e. The van der Waals surface area contributed by atoms with Crippen LogP contribution in [0.5, 0.6) is 0 Å². The van der Waals surface area contributed by atoms with Crippen molar-refractivity contribution in [3.63, 3.8) is 0 Å². The van der Waals surface area contributed by atoms with Crippen molar-refractivity contribution in [3.05, 3.63) is 10.6 Å². The van der Waals surface area contributed by atoms with Gasteiger partial charge in [-0.3, -0.25) is 14.6 Å². The Hall–Kier alpha value is -0.680.